The summed E-state index contributed by atoms with van der Waals surface area (Å²) < 4.78 is 48.7. The van der Waals surface area contributed by atoms with E-state index in [9.17, 15) is 13.0 Å². The third-order valence-corrected chi connectivity index (χ3v) is 14.7. The maximum Gasteiger partial charge on any atom is 0.268 e. The van der Waals surface area contributed by atoms with E-state index in [1.54, 1.807) is 28.2 Å². The Labute approximate surface area is 299 Å². The van der Waals surface area contributed by atoms with Crippen molar-refractivity contribution in [3.63, 3.8) is 0 Å². The van der Waals surface area contributed by atoms with Crippen molar-refractivity contribution in [1.82, 2.24) is 8.69 Å². The fourth-order valence-corrected chi connectivity index (χ4v) is 11.3. The van der Waals surface area contributed by atoms with Gasteiger partial charge in [0, 0.05) is 34.2 Å². The number of hydrogen-bond donors (Lipinski definition) is 1. The summed E-state index contributed by atoms with van der Waals surface area (Å²) in [5.41, 5.74) is 3.01. The first-order valence-electron chi connectivity index (χ1n) is 16.6. The third-order valence-electron chi connectivity index (χ3n) is 8.90. The van der Waals surface area contributed by atoms with E-state index in [1.807, 2.05) is 106 Å². The van der Waals surface area contributed by atoms with Gasteiger partial charge in [-0.25, -0.2) is 12.4 Å². The molecule has 0 aliphatic rings. The van der Waals surface area contributed by atoms with Gasteiger partial charge in [-0.2, -0.15) is 0 Å². The number of aromatic nitrogens is 1. The Hall–Kier alpha value is -4.23. The number of rotatable bonds is 10. The Morgan fingerprint density at radius 2 is 1.20 bits per heavy atom. The molecule has 0 amide bonds. The summed E-state index contributed by atoms with van der Waals surface area (Å²) in [5, 5.41) is 5.15. The van der Waals surface area contributed by atoms with Crippen LogP contribution in [0.15, 0.2) is 163 Å². The van der Waals surface area contributed by atoms with Crippen LogP contribution in [0.2, 0.25) is 0 Å². The molecule has 1 unspecified atom stereocenters. The van der Waals surface area contributed by atoms with Crippen molar-refractivity contribution in [2.45, 2.75) is 42.6 Å². The molecule has 0 radical (unpaired) electrons. The Morgan fingerprint density at radius 3 is 1.82 bits per heavy atom. The van der Waals surface area contributed by atoms with Gasteiger partial charge in [-0.05, 0) is 73.8 Å². The third kappa shape index (κ3) is 6.64. The number of nitrogens with one attached hydrogen (secondary N) is 1. The molecule has 1 aromatic heterocycles. The fraction of sp³-hybridized carbons (Fsp3) is 0.143. The second-order valence-corrected chi connectivity index (χ2v) is 19.2. The van der Waals surface area contributed by atoms with E-state index in [0.717, 1.165) is 37.9 Å². The zero-order valence-electron chi connectivity index (χ0n) is 28.2. The van der Waals surface area contributed by atoms with Gasteiger partial charge >= 0.3 is 0 Å². The molecule has 5 nitrogen and oxygen atoms in total. The van der Waals surface area contributed by atoms with Crippen LogP contribution in [0.5, 0.6) is 0 Å². The Bertz CT molecular complexity index is 2310. The van der Waals surface area contributed by atoms with Crippen molar-refractivity contribution < 1.29 is 13.0 Å². The van der Waals surface area contributed by atoms with Gasteiger partial charge in [0.2, 0.25) is 0 Å². The zero-order valence-corrected chi connectivity index (χ0v) is 30.8. The van der Waals surface area contributed by atoms with Gasteiger partial charge in [-0.1, -0.05) is 140 Å². The molecular formula is C42H39N2O3PS2. The largest absolute Gasteiger partial charge is 0.598 e. The number of benzene rings is 6. The molecule has 0 aliphatic carbocycles. The topological polar surface area (TPSA) is 74.2 Å². The zero-order chi connectivity index (χ0) is 34.9. The maximum absolute atomic E-state index is 15.0. The number of nitrogens with zero attached hydrogens (tertiary/aromatic N) is 1. The van der Waals surface area contributed by atoms with E-state index in [4.69, 9.17) is 0 Å². The van der Waals surface area contributed by atoms with Gasteiger partial charge in [0.25, 0.3) is 10.0 Å². The minimum atomic E-state index is -4.08. The summed E-state index contributed by atoms with van der Waals surface area (Å²) in [6, 6.07) is 50.8. The molecule has 0 saturated carbocycles. The molecule has 50 heavy (non-hydrogen) atoms. The lowest BCUT2D eigenvalue weighted by atomic mass is 9.92. The average Bonchev–Trinajstić information content (AvgIpc) is 3.47. The van der Waals surface area contributed by atoms with E-state index < -0.39 is 40.1 Å². The highest BCUT2D eigenvalue weighted by atomic mass is 32.2. The van der Waals surface area contributed by atoms with E-state index in [0.29, 0.717) is 17.4 Å². The highest BCUT2D eigenvalue weighted by Gasteiger charge is 2.37. The Morgan fingerprint density at radius 1 is 0.680 bits per heavy atom. The SMILES string of the molecule is CC(C)(C)[S+]([O-])N[C@@H](c1cccc2ccccc12)c1c(CP(c2ccccc2)c2ccccc2)n(S(=O)(=O)c2ccccc2)c2ccccc12. The fourth-order valence-electron chi connectivity index (χ4n) is 6.49. The van der Waals surface area contributed by atoms with Crippen molar-refractivity contribution in [2.24, 2.45) is 0 Å². The minimum Gasteiger partial charge on any atom is -0.598 e. The van der Waals surface area contributed by atoms with Crippen LogP contribution >= 0.6 is 7.92 Å². The van der Waals surface area contributed by atoms with Crippen LogP contribution in [-0.4, -0.2) is 21.7 Å². The van der Waals surface area contributed by atoms with E-state index in [2.05, 4.69) is 53.3 Å². The summed E-state index contributed by atoms with van der Waals surface area (Å²) in [5.74, 6) is 0. The normalized spacial score (nSPS) is 13.5. The average molecular weight is 715 g/mol. The molecule has 8 heteroatoms. The molecule has 252 valence electrons. The summed E-state index contributed by atoms with van der Waals surface area (Å²) >= 11 is -1.50. The van der Waals surface area contributed by atoms with Crippen molar-refractivity contribution in [3.8, 4) is 0 Å². The lowest BCUT2D eigenvalue weighted by Crippen LogP contribution is -2.42. The predicted octanol–water partition coefficient (Wildman–Crippen LogP) is 8.81. The van der Waals surface area contributed by atoms with Crippen LogP contribution in [0, 0.1) is 0 Å². The molecule has 0 spiro atoms. The van der Waals surface area contributed by atoms with E-state index in [1.165, 1.54) is 0 Å². The number of para-hydroxylation sites is 1. The first-order valence-corrected chi connectivity index (χ1v) is 20.7. The van der Waals surface area contributed by atoms with Crippen LogP contribution in [0.3, 0.4) is 0 Å². The standard InChI is InChI=1S/C42H39N2O3PS2/c1-42(2,3)49(45)43-41(36-28-17-19-31-18-13-14-26-35(31)36)40-37-27-15-16-29-38(37)44(50(46,47)34-24-11-6-12-25-34)39(40)30-48(32-20-7-4-8-21-32)33-22-9-5-10-23-33/h4-29,41,43H,30H2,1-3H3/t41-,49?/m0/s1. The highest BCUT2D eigenvalue weighted by molar-refractivity contribution is 7.91. The maximum atomic E-state index is 15.0. The number of fused-ring (bicyclic) bond motifs is 2. The molecule has 7 rings (SSSR count). The van der Waals surface area contributed by atoms with Crippen LogP contribution in [-0.2, 0) is 27.5 Å². The number of hydrogen-bond acceptors (Lipinski definition) is 4. The van der Waals surface area contributed by atoms with Gasteiger partial charge < -0.3 is 4.55 Å². The van der Waals surface area contributed by atoms with Gasteiger partial charge in [0.05, 0.1) is 10.4 Å². The van der Waals surface area contributed by atoms with Crippen LogP contribution < -0.4 is 15.3 Å². The minimum absolute atomic E-state index is 0.213. The monoisotopic (exact) mass is 714 g/mol. The second kappa shape index (κ2) is 14.2. The van der Waals surface area contributed by atoms with Gasteiger partial charge in [-0.3, -0.25) is 0 Å². The van der Waals surface area contributed by atoms with Crippen molar-refractivity contribution in [3.05, 3.63) is 175 Å². The molecule has 1 heterocycles. The molecule has 0 saturated heterocycles. The van der Waals surface area contributed by atoms with Crippen molar-refractivity contribution in [2.75, 3.05) is 0 Å². The lowest BCUT2D eigenvalue weighted by molar-refractivity contribution is 0.536. The summed E-state index contributed by atoms with van der Waals surface area (Å²) in [6.45, 7) is 5.85. The summed E-state index contributed by atoms with van der Waals surface area (Å²) in [6.07, 6.45) is 0.435. The quantitative estimate of drug-likeness (QED) is 0.114. The van der Waals surface area contributed by atoms with Crippen LogP contribution in [0.25, 0.3) is 21.7 Å². The van der Waals surface area contributed by atoms with Crippen molar-refractivity contribution in [1.29, 1.82) is 0 Å². The summed E-state index contributed by atoms with van der Waals surface area (Å²) in [7, 11) is -5.15. The van der Waals surface area contributed by atoms with E-state index in [-0.39, 0.29) is 4.90 Å². The molecule has 7 aromatic rings. The molecule has 6 aromatic carbocycles. The first kappa shape index (κ1) is 34.2. The Kier molecular flexibility index (Phi) is 9.71. The second-order valence-electron chi connectivity index (χ2n) is 13.2. The predicted molar refractivity (Wildman–Crippen MR) is 211 cm³/mol. The summed E-state index contributed by atoms with van der Waals surface area (Å²) in [4.78, 5) is 0.213. The van der Waals surface area contributed by atoms with Crippen molar-refractivity contribution >= 4 is 61.6 Å². The van der Waals surface area contributed by atoms with Crippen LogP contribution in [0.4, 0.5) is 0 Å². The smallest absolute Gasteiger partial charge is 0.268 e. The first-order chi connectivity index (χ1) is 24.1. The highest BCUT2D eigenvalue weighted by Crippen LogP contribution is 2.46. The molecule has 0 fully saturated rings. The Balaban J connectivity index is 1.59. The molecule has 0 aliphatic heterocycles. The molecular weight excluding hydrogens is 676 g/mol. The van der Waals surface area contributed by atoms with Gasteiger partial charge in [-0.15, -0.1) is 4.72 Å². The van der Waals surface area contributed by atoms with Gasteiger partial charge in [0.15, 0.2) is 0 Å². The molecule has 1 N–H and O–H groups in total. The molecule has 0 bridgehead atoms. The van der Waals surface area contributed by atoms with E-state index >= 15 is 0 Å². The van der Waals surface area contributed by atoms with Gasteiger partial charge in [0.1, 0.15) is 10.8 Å². The molecule has 2 atom stereocenters. The lowest BCUT2D eigenvalue weighted by Gasteiger charge is -2.30. The van der Waals surface area contributed by atoms with Crippen LogP contribution in [0.1, 0.15) is 43.6 Å².